The zero-order chi connectivity index (χ0) is 11.3. The molecule has 0 unspecified atom stereocenters. The SMILES string of the molecule is CC(C)(C)NC(=O)C[CH]c1ccccc1. The largest absolute Gasteiger partial charge is 0.351 e. The summed E-state index contributed by atoms with van der Waals surface area (Å²) in [6.07, 6.45) is 2.36. The van der Waals surface area contributed by atoms with Gasteiger partial charge in [-0.1, -0.05) is 30.3 Å². The molecule has 1 N–H and O–H groups in total. The molecule has 0 saturated carbocycles. The molecule has 0 saturated heterocycles. The Hall–Kier alpha value is -1.31. The van der Waals surface area contributed by atoms with Crippen LogP contribution in [0.2, 0.25) is 0 Å². The van der Waals surface area contributed by atoms with Gasteiger partial charge in [-0.2, -0.15) is 0 Å². The van der Waals surface area contributed by atoms with Crippen LogP contribution in [0.25, 0.3) is 0 Å². The summed E-state index contributed by atoms with van der Waals surface area (Å²) < 4.78 is 0. The molecule has 0 atom stereocenters. The molecule has 1 amide bonds. The molecule has 1 radical (unpaired) electrons. The average Bonchev–Trinajstić information content (AvgIpc) is 2.14. The van der Waals surface area contributed by atoms with Crippen LogP contribution in [-0.2, 0) is 4.79 Å². The van der Waals surface area contributed by atoms with E-state index in [9.17, 15) is 4.79 Å². The maximum atomic E-state index is 11.5. The maximum Gasteiger partial charge on any atom is 0.221 e. The van der Waals surface area contributed by atoms with Crippen LogP contribution in [0.15, 0.2) is 30.3 Å². The highest BCUT2D eigenvalue weighted by Crippen LogP contribution is 2.06. The lowest BCUT2D eigenvalue weighted by atomic mass is 10.1. The van der Waals surface area contributed by atoms with Crippen LogP contribution in [0.5, 0.6) is 0 Å². The van der Waals surface area contributed by atoms with Gasteiger partial charge in [0.25, 0.3) is 0 Å². The van der Waals surface area contributed by atoms with E-state index in [2.05, 4.69) is 5.32 Å². The molecule has 2 heteroatoms. The highest BCUT2D eigenvalue weighted by molar-refractivity contribution is 5.78. The van der Waals surface area contributed by atoms with Crippen molar-refractivity contribution >= 4 is 5.91 Å². The number of nitrogens with one attached hydrogen (secondary N) is 1. The Bertz CT molecular complexity index is 311. The second-order valence-electron chi connectivity index (χ2n) is 4.62. The standard InChI is InChI=1S/C13H18NO/c1-13(2,3)14-12(15)10-9-11-7-5-4-6-8-11/h4-9H,10H2,1-3H3,(H,14,15). The van der Waals surface area contributed by atoms with Gasteiger partial charge in [-0.05, 0) is 32.8 Å². The number of amides is 1. The number of carbonyl (C=O) groups is 1. The summed E-state index contributed by atoms with van der Waals surface area (Å²) >= 11 is 0. The van der Waals surface area contributed by atoms with Gasteiger partial charge in [0.1, 0.15) is 0 Å². The molecule has 0 heterocycles. The fraction of sp³-hybridized carbons (Fsp3) is 0.385. The number of hydrogen-bond donors (Lipinski definition) is 1. The van der Waals surface area contributed by atoms with Gasteiger partial charge in [-0.15, -0.1) is 0 Å². The predicted molar refractivity (Wildman–Crippen MR) is 62.4 cm³/mol. The van der Waals surface area contributed by atoms with E-state index in [0.717, 1.165) is 5.56 Å². The summed E-state index contributed by atoms with van der Waals surface area (Å²) in [6.45, 7) is 5.94. The zero-order valence-electron chi connectivity index (χ0n) is 9.58. The van der Waals surface area contributed by atoms with E-state index in [1.807, 2.05) is 57.5 Å². The summed E-state index contributed by atoms with van der Waals surface area (Å²) in [7, 11) is 0. The van der Waals surface area contributed by atoms with Crippen LogP contribution >= 0.6 is 0 Å². The van der Waals surface area contributed by atoms with Crippen molar-refractivity contribution in [3.05, 3.63) is 42.3 Å². The number of hydrogen-bond acceptors (Lipinski definition) is 1. The fourth-order valence-electron chi connectivity index (χ4n) is 1.27. The third kappa shape index (κ3) is 5.21. The first-order valence-electron chi connectivity index (χ1n) is 5.17. The lowest BCUT2D eigenvalue weighted by molar-refractivity contribution is -0.121. The Balaban J connectivity index is 2.35. The molecule has 0 aliphatic heterocycles. The highest BCUT2D eigenvalue weighted by Gasteiger charge is 2.13. The summed E-state index contributed by atoms with van der Waals surface area (Å²) in [5.41, 5.74) is 0.934. The third-order valence-corrected chi connectivity index (χ3v) is 1.84. The van der Waals surface area contributed by atoms with E-state index in [-0.39, 0.29) is 11.4 Å². The van der Waals surface area contributed by atoms with Crippen molar-refractivity contribution in [3.8, 4) is 0 Å². The molecule has 1 aromatic carbocycles. The third-order valence-electron chi connectivity index (χ3n) is 1.84. The normalized spacial score (nSPS) is 11.1. The minimum absolute atomic E-state index is 0.0614. The van der Waals surface area contributed by atoms with Gasteiger partial charge in [0.15, 0.2) is 0 Å². The molecular formula is C13H18NO. The minimum Gasteiger partial charge on any atom is -0.351 e. The Kier molecular flexibility index (Phi) is 3.89. The van der Waals surface area contributed by atoms with Gasteiger partial charge in [0.05, 0.1) is 0 Å². The van der Waals surface area contributed by atoms with Crippen molar-refractivity contribution in [1.82, 2.24) is 5.32 Å². The van der Waals surface area contributed by atoms with E-state index in [4.69, 9.17) is 0 Å². The molecule has 81 valence electrons. The van der Waals surface area contributed by atoms with Crippen molar-refractivity contribution in [2.24, 2.45) is 0 Å². The molecule has 15 heavy (non-hydrogen) atoms. The van der Waals surface area contributed by atoms with Crippen LogP contribution in [-0.4, -0.2) is 11.4 Å². The average molecular weight is 204 g/mol. The molecule has 0 bridgehead atoms. The van der Waals surface area contributed by atoms with Gasteiger partial charge < -0.3 is 5.32 Å². The molecule has 1 rings (SSSR count). The monoisotopic (exact) mass is 204 g/mol. The lowest BCUT2D eigenvalue weighted by Gasteiger charge is -2.20. The van der Waals surface area contributed by atoms with Crippen molar-refractivity contribution in [2.75, 3.05) is 0 Å². The van der Waals surface area contributed by atoms with Crippen LogP contribution in [0, 0.1) is 6.42 Å². The maximum absolute atomic E-state index is 11.5. The smallest absolute Gasteiger partial charge is 0.221 e. The van der Waals surface area contributed by atoms with Gasteiger partial charge >= 0.3 is 0 Å². The van der Waals surface area contributed by atoms with E-state index >= 15 is 0 Å². The topological polar surface area (TPSA) is 29.1 Å². The second-order valence-corrected chi connectivity index (χ2v) is 4.62. The Morgan fingerprint density at radius 2 is 1.87 bits per heavy atom. The van der Waals surface area contributed by atoms with Crippen molar-refractivity contribution in [1.29, 1.82) is 0 Å². The van der Waals surface area contributed by atoms with Crippen LogP contribution in [0.1, 0.15) is 32.8 Å². The Labute approximate surface area is 91.7 Å². The molecule has 1 aromatic rings. The number of benzene rings is 1. The van der Waals surface area contributed by atoms with Gasteiger partial charge in [-0.25, -0.2) is 0 Å². The second kappa shape index (κ2) is 4.96. The first-order valence-corrected chi connectivity index (χ1v) is 5.17. The van der Waals surface area contributed by atoms with Crippen molar-refractivity contribution < 1.29 is 4.79 Å². The van der Waals surface area contributed by atoms with E-state index in [0.29, 0.717) is 6.42 Å². The molecule has 0 aliphatic rings. The van der Waals surface area contributed by atoms with Gasteiger partial charge in [0, 0.05) is 12.0 Å². The Morgan fingerprint density at radius 3 is 2.40 bits per heavy atom. The first kappa shape index (κ1) is 11.8. The lowest BCUT2D eigenvalue weighted by Crippen LogP contribution is -2.40. The van der Waals surface area contributed by atoms with Crippen LogP contribution < -0.4 is 5.32 Å². The minimum atomic E-state index is -0.151. The summed E-state index contributed by atoms with van der Waals surface area (Å²) in [4.78, 5) is 11.5. The van der Waals surface area contributed by atoms with Crippen molar-refractivity contribution in [2.45, 2.75) is 32.7 Å². The van der Waals surface area contributed by atoms with Gasteiger partial charge in [-0.3, -0.25) is 4.79 Å². The van der Waals surface area contributed by atoms with E-state index < -0.39 is 0 Å². The fourth-order valence-corrected chi connectivity index (χ4v) is 1.27. The molecule has 2 nitrogen and oxygen atoms in total. The zero-order valence-corrected chi connectivity index (χ0v) is 9.58. The molecule has 0 fully saturated rings. The summed E-state index contributed by atoms with van der Waals surface area (Å²) in [5.74, 6) is 0.0614. The van der Waals surface area contributed by atoms with Crippen molar-refractivity contribution in [3.63, 3.8) is 0 Å². The number of rotatable bonds is 3. The highest BCUT2D eigenvalue weighted by atomic mass is 16.1. The Morgan fingerprint density at radius 1 is 1.27 bits per heavy atom. The summed E-state index contributed by atoms with van der Waals surface area (Å²) in [6, 6.07) is 9.88. The first-order chi connectivity index (χ1) is 6.97. The quantitative estimate of drug-likeness (QED) is 0.805. The summed E-state index contributed by atoms with van der Waals surface area (Å²) in [5, 5.41) is 2.92. The van der Waals surface area contributed by atoms with Gasteiger partial charge in [0.2, 0.25) is 5.91 Å². The van der Waals surface area contributed by atoms with Crippen LogP contribution in [0.3, 0.4) is 0 Å². The van der Waals surface area contributed by atoms with E-state index in [1.165, 1.54) is 0 Å². The van der Waals surface area contributed by atoms with Crippen LogP contribution in [0.4, 0.5) is 0 Å². The molecule has 0 spiro atoms. The van der Waals surface area contributed by atoms with E-state index in [1.54, 1.807) is 0 Å². The number of carbonyl (C=O) groups excluding carboxylic acids is 1. The molecule has 0 aliphatic carbocycles. The molecular weight excluding hydrogens is 186 g/mol. The molecule has 0 aromatic heterocycles. The predicted octanol–water partition coefficient (Wildman–Crippen LogP) is 2.54.